The maximum Gasteiger partial charge on any atom is 0.253 e. The molecule has 1 saturated heterocycles. The predicted octanol–water partition coefficient (Wildman–Crippen LogP) is 0.751. The number of carbonyl (C=O) groups is 3. The van der Waals surface area contributed by atoms with E-state index < -0.39 is 11.8 Å². The number of hydrazine groups is 1. The van der Waals surface area contributed by atoms with Crippen molar-refractivity contribution in [3.63, 3.8) is 0 Å². The minimum absolute atomic E-state index is 0.150. The third-order valence-corrected chi connectivity index (χ3v) is 3.27. The molecule has 20 heavy (non-hydrogen) atoms. The van der Waals surface area contributed by atoms with Crippen LogP contribution in [0.15, 0.2) is 18.2 Å². The molecule has 6 heteroatoms. The smallest absolute Gasteiger partial charge is 0.253 e. The van der Waals surface area contributed by atoms with Gasteiger partial charge in [-0.25, -0.2) is 0 Å². The topological polar surface area (TPSA) is 78.5 Å². The molecule has 1 heterocycles. The number of hydrogen-bond acceptors (Lipinski definition) is 3. The van der Waals surface area contributed by atoms with Gasteiger partial charge in [-0.15, -0.1) is 0 Å². The summed E-state index contributed by atoms with van der Waals surface area (Å²) in [5, 5.41) is 3.84. The molecule has 1 fully saturated rings. The van der Waals surface area contributed by atoms with Gasteiger partial charge >= 0.3 is 0 Å². The van der Waals surface area contributed by atoms with Gasteiger partial charge in [-0.1, -0.05) is 17.7 Å². The zero-order valence-corrected chi connectivity index (χ0v) is 11.7. The molecular weight excluding hydrogens is 258 g/mol. The van der Waals surface area contributed by atoms with Crippen molar-refractivity contribution in [2.24, 2.45) is 5.92 Å². The second-order valence-corrected chi connectivity index (χ2v) is 5.00. The average Bonchev–Trinajstić information content (AvgIpc) is 2.60. The van der Waals surface area contributed by atoms with E-state index in [1.807, 2.05) is 32.0 Å². The minimum atomic E-state index is -0.939. The Balaban J connectivity index is 2.03. The van der Waals surface area contributed by atoms with Crippen molar-refractivity contribution in [2.45, 2.75) is 20.3 Å². The summed E-state index contributed by atoms with van der Waals surface area (Å²) in [6.07, 6.45) is -0.150. The standard InChI is InChI=1S/C14H17N3O3/c1-8-4-5-11(9(2)6-8)15-12(18)7-10-13(19)16-17(3)14(10)20/h4-6,10H,7H2,1-3H3,(H,15,18)(H,16,19). The monoisotopic (exact) mass is 275 g/mol. The maximum absolute atomic E-state index is 11.9. The van der Waals surface area contributed by atoms with Gasteiger partial charge in [-0.3, -0.25) is 24.8 Å². The van der Waals surface area contributed by atoms with Gasteiger partial charge in [-0.2, -0.15) is 0 Å². The first kappa shape index (κ1) is 14.0. The number of hydrogen-bond donors (Lipinski definition) is 2. The summed E-state index contributed by atoms with van der Waals surface area (Å²) >= 11 is 0. The summed E-state index contributed by atoms with van der Waals surface area (Å²) in [6, 6.07) is 5.66. The highest BCUT2D eigenvalue weighted by molar-refractivity contribution is 6.08. The van der Waals surface area contributed by atoms with Crippen LogP contribution in [-0.4, -0.2) is 29.8 Å². The van der Waals surface area contributed by atoms with Crippen LogP contribution in [0.5, 0.6) is 0 Å². The molecule has 0 bridgehead atoms. The van der Waals surface area contributed by atoms with Crippen molar-refractivity contribution in [1.29, 1.82) is 0 Å². The Morgan fingerprint density at radius 2 is 2.05 bits per heavy atom. The highest BCUT2D eigenvalue weighted by atomic mass is 16.2. The van der Waals surface area contributed by atoms with Crippen molar-refractivity contribution in [3.05, 3.63) is 29.3 Å². The van der Waals surface area contributed by atoms with E-state index in [0.29, 0.717) is 5.69 Å². The summed E-state index contributed by atoms with van der Waals surface area (Å²) in [7, 11) is 1.46. The van der Waals surface area contributed by atoms with E-state index in [0.717, 1.165) is 16.1 Å². The van der Waals surface area contributed by atoms with Gasteiger partial charge in [0, 0.05) is 19.2 Å². The molecule has 1 atom stereocenters. The number of amides is 3. The molecule has 0 aliphatic carbocycles. The second kappa shape index (κ2) is 5.32. The van der Waals surface area contributed by atoms with Gasteiger partial charge in [0.2, 0.25) is 5.91 Å². The van der Waals surface area contributed by atoms with Crippen LogP contribution < -0.4 is 10.7 Å². The number of nitrogens with one attached hydrogen (secondary N) is 2. The average molecular weight is 275 g/mol. The van der Waals surface area contributed by atoms with Gasteiger partial charge in [0.15, 0.2) is 0 Å². The number of anilines is 1. The third-order valence-electron chi connectivity index (χ3n) is 3.27. The van der Waals surface area contributed by atoms with Crippen LogP contribution in [-0.2, 0) is 14.4 Å². The van der Waals surface area contributed by atoms with E-state index in [9.17, 15) is 14.4 Å². The van der Waals surface area contributed by atoms with Crippen molar-refractivity contribution < 1.29 is 14.4 Å². The lowest BCUT2D eigenvalue weighted by molar-refractivity contribution is -0.134. The fourth-order valence-electron chi connectivity index (χ4n) is 2.16. The molecule has 0 saturated carbocycles. The summed E-state index contributed by atoms with van der Waals surface area (Å²) in [5.74, 6) is -2.11. The normalized spacial score (nSPS) is 18.1. The van der Waals surface area contributed by atoms with Crippen LogP contribution in [0.4, 0.5) is 5.69 Å². The van der Waals surface area contributed by atoms with Crippen LogP contribution in [0.1, 0.15) is 17.5 Å². The van der Waals surface area contributed by atoms with Gasteiger partial charge in [0.05, 0.1) is 0 Å². The van der Waals surface area contributed by atoms with E-state index in [4.69, 9.17) is 0 Å². The summed E-state index contributed by atoms with van der Waals surface area (Å²) < 4.78 is 0. The van der Waals surface area contributed by atoms with Crippen LogP contribution in [0.2, 0.25) is 0 Å². The molecule has 2 N–H and O–H groups in total. The zero-order valence-electron chi connectivity index (χ0n) is 11.7. The van der Waals surface area contributed by atoms with Gasteiger partial charge in [-0.05, 0) is 25.5 Å². The Hall–Kier alpha value is -2.37. The molecule has 6 nitrogen and oxygen atoms in total. The second-order valence-electron chi connectivity index (χ2n) is 5.00. The highest BCUT2D eigenvalue weighted by Gasteiger charge is 2.38. The fraction of sp³-hybridized carbons (Fsp3) is 0.357. The van der Waals surface area contributed by atoms with Crippen molar-refractivity contribution in [2.75, 3.05) is 12.4 Å². The van der Waals surface area contributed by atoms with E-state index in [1.165, 1.54) is 7.05 Å². The summed E-state index contributed by atoms with van der Waals surface area (Å²) in [5.41, 5.74) is 5.11. The number of nitrogens with zero attached hydrogens (tertiary/aromatic N) is 1. The molecule has 1 aromatic rings. The maximum atomic E-state index is 11.9. The SMILES string of the molecule is Cc1ccc(NC(=O)CC2C(=O)NN(C)C2=O)c(C)c1. The first-order valence-corrected chi connectivity index (χ1v) is 6.33. The Bertz CT molecular complexity index is 583. The summed E-state index contributed by atoms with van der Waals surface area (Å²) in [4.78, 5) is 35.2. The van der Waals surface area contributed by atoms with Crippen LogP contribution >= 0.6 is 0 Å². The quantitative estimate of drug-likeness (QED) is 0.799. The minimum Gasteiger partial charge on any atom is -0.326 e. The van der Waals surface area contributed by atoms with E-state index >= 15 is 0 Å². The van der Waals surface area contributed by atoms with Crippen molar-refractivity contribution >= 4 is 23.4 Å². The highest BCUT2D eigenvalue weighted by Crippen LogP contribution is 2.18. The van der Waals surface area contributed by atoms with Crippen LogP contribution in [0.3, 0.4) is 0 Å². The molecule has 1 unspecified atom stereocenters. The lowest BCUT2D eigenvalue weighted by Crippen LogP contribution is -2.31. The lowest BCUT2D eigenvalue weighted by atomic mass is 10.0. The number of aryl methyl sites for hydroxylation is 2. The van der Waals surface area contributed by atoms with E-state index in [1.54, 1.807) is 0 Å². The predicted molar refractivity (Wildman–Crippen MR) is 73.6 cm³/mol. The Morgan fingerprint density at radius 1 is 1.35 bits per heavy atom. The van der Waals surface area contributed by atoms with Crippen molar-refractivity contribution in [1.82, 2.24) is 10.4 Å². The molecule has 106 valence electrons. The Morgan fingerprint density at radius 3 is 2.60 bits per heavy atom. The van der Waals surface area contributed by atoms with Gasteiger partial charge in [0.1, 0.15) is 5.92 Å². The molecule has 1 aliphatic heterocycles. The Kier molecular flexibility index (Phi) is 3.74. The molecule has 1 aliphatic rings. The molecule has 0 aromatic heterocycles. The summed E-state index contributed by atoms with van der Waals surface area (Å²) in [6.45, 7) is 3.86. The van der Waals surface area contributed by atoms with Crippen LogP contribution in [0.25, 0.3) is 0 Å². The molecule has 0 spiro atoms. The lowest BCUT2D eigenvalue weighted by Gasteiger charge is -2.10. The fourth-order valence-corrected chi connectivity index (χ4v) is 2.16. The number of rotatable bonds is 3. The molecular formula is C14H17N3O3. The molecule has 1 aromatic carbocycles. The largest absolute Gasteiger partial charge is 0.326 e. The Labute approximate surface area is 117 Å². The van der Waals surface area contributed by atoms with Crippen LogP contribution in [0, 0.1) is 19.8 Å². The first-order chi connectivity index (χ1) is 9.38. The first-order valence-electron chi connectivity index (χ1n) is 6.33. The number of carbonyl (C=O) groups excluding carboxylic acids is 3. The number of benzene rings is 1. The van der Waals surface area contributed by atoms with Gasteiger partial charge in [0.25, 0.3) is 11.8 Å². The van der Waals surface area contributed by atoms with Crippen molar-refractivity contribution in [3.8, 4) is 0 Å². The van der Waals surface area contributed by atoms with Gasteiger partial charge < -0.3 is 5.32 Å². The zero-order chi connectivity index (χ0) is 14.9. The van der Waals surface area contributed by atoms with E-state index in [2.05, 4.69) is 10.7 Å². The third kappa shape index (κ3) is 2.79. The van der Waals surface area contributed by atoms with E-state index in [-0.39, 0.29) is 18.2 Å². The molecule has 2 rings (SSSR count). The molecule has 0 radical (unpaired) electrons. The molecule has 3 amide bonds.